The zero-order valence-electron chi connectivity index (χ0n) is 19.2. The van der Waals surface area contributed by atoms with Gasteiger partial charge in [-0.3, -0.25) is 9.59 Å². The van der Waals surface area contributed by atoms with Crippen LogP contribution in [0.2, 0.25) is 0 Å². The number of nitrogens with zero attached hydrogens (tertiary/aromatic N) is 2. The topological polar surface area (TPSA) is 75.9 Å². The Morgan fingerprint density at radius 2 is 1.76 bits per heavy atom. The first-order valence-electron chi connectivity index (χ1n) is 11.5. The van der Waals surface area contributed by atoms with Crippen LogP contribution in [-0.2, 0) is 22.4 Å². The number of carbonyl (C=O) groups excluding carboxylic acids is 2. The van der Waals surface area contributed by atoms with Gasteiger partial charge in [0.2, 0.25) is 5.91 Å². The molecule has 0 bridgehead atoms. The smallest absolute Gasteiger partial charge is 0.254 e. The van der Waals surface area contributed by atoms with Crippen LogP contribution in [0.1, 0.15) is 41.3 Å². The third-order valence-electron chi connectivity index (χ3n) is 6.57. The second-order valence-corrected chi connectivity index (χ2v) is 9.22. The zero-order valence-corrected chi connectivity index (χ0v) is 20.1. The van der Waals surface area contributed by atoms with Crippen LogP contribution in [0.5, 0.6) is 0 Å². The molecule has 0 saturated carbocycles. The summed E-state index contributed by atoms with van der Waals surface area (Å²) in [5.74, 6) is -0.205. The molecule has 2 aromatic rings. The molecule has 0 aliphatic carbocycles. The average Bonchev–Trinajstić information content (AvgIpc) is 2.78. The van der Waals surface area contributed by atoms with Crippen LogP contribution in [-0.4, -0.2) is 66.0 Å². The Morgan fingerprint density at radius 3 is 2.45 bits per heavy atom. The number of benzene rings is 2. The molecule has 2 aliphatic heterocycles. The van der Waals surface area contributed by atoms with Crippen molar-refractivity contribution in [1.82, 2.24) is 9.80 Å². The lowest BCUT2D eigenvalue weighted by Gasteiger charge is -2.49. The summed E-state index contributed by atoms with van der Waals surface area (Å²) in [7, 11) is 0. The summed E-state index contributed by atoms with van der Waals surface area (Å²) in [6, 6.07) is 17.7. The molecular weight excluding hydrogens is 438 g/mol. The molecule has 0 aromatic heterocycles. The Balaban J connectivity index is 0.00000306. The molecule has 0 radical (unpaired) electrons. The first-order chi connectivity index (χ1) is 15.4. The summed E-state index contributed by atoms with van der Waals surface area (Å²) < 4.78 is 6.43. The normalized spacial score (nSPS) is 20.3. The molecule has 1 spiro atoms. The SMILES string of the molecule is CC1CN(C(=O)c2ccccc2)CC2(CCN(CCc3cccc(CC(N)=O)c3)CC2)O1.Cl. The third kappa shape index (κ3) is 6.56. The molecule has 2 aliphatic rings. The minimum absolute atomic E-state index is 0. The molecule has 1 atom stereocenters. The minimum Gasteiger partial charge on any atom is -0.369 e. The van der Waals surface area contributed by atoms with E-state index in [9.17, 15) is 9.59 Å². The molecule has 2 saturated heterocycles. The van der Waals surface area contributed by atoms with E-state index in [-0.39, 0.29) is 42.3 Å². The molecule has 6 nitrogen and oxygen atoms in total. The third-order valence-corrected chi connectivity index (χ3v) is 6.57. The lowest BCUT2D eigenvalue weighted by molar-refractivity contribution is -0.161. The van der Waals surface area contributed by atoms with Gasteiger partial charge in [-0.2, -0.15) is 0 Å². The standard InChI is InChI=1S/C26H33N3O3.ClH/c1-20-18-29(25(31)23-8-3-2-4-9-23)19-26(32-20)11-14-28(15-12-26)13-10-21-6-5-7-22(16-21)17-24(27)30;/h2-9,16,20H,10-15,17-19H2,1H3,(H2,27,30);1H. The summed E-state index contributed by atoms with van der Waals surface area (Å²) in [5.41, 5.74) is 8.01. The number of nitrogens with two attached hydrogens (primary N) is 1. The molecule has 1 unspecified atom stereocenters. The average molecular weight is 472 g/mol. The predicted molar refractivity (Wildman–Crippen MR) is 132 cm³/mol. The number of ether oxygens (including phenoxy) is 1. The lowest BCUT2D eigenvalue weighted by atomic mass is 9.88. The van der Waals surface area contributed by atoms with E-state index in [2.05, 4.69) is 24.0 Å². The molecule has 4 rings (SSSR count). The summed E-state index contributed by atoms with van der Waals surface area (Å²) in [5, 5.41) is 0. The van der Waals surface area contributed by atoms with E-state index < -0.39 is 0 Å². The number of rotatable bonds is 6. The number of hydrogen-bond acceptors (Lipinski definition) is 4. The van der Waals surface area contributed by atoms with E-state index in [0.717, 1.165) is 50.0 Å². The van der Waals surface area contributed by atoms with Crippen molar-refractivity contribution in [3.8, 4) is 0 Å². The van der Waals surface area contributed by atoms with Gasteiger partial charge in [-0.1, -0.05) is 42.5 Å². The highest BCUT2D eigenvalue weighted by Gasteiger charge is 2.43. The van der Waals surface area contributed by atoms with Crippen LogP contribution < -0.4 is 5.73 Å². The quantitative estimate of drug-likeness (QED) is 0.702. The van der Waals surface area contributed by atoms with E-state index in [1.165, 1.54) is 5.56 Å². The Hall–Kier alpha value is -2.41. The number of morpholine rings is 1. The Morgan fingerprint density at radius 1 is 1.06 bits per heavy atom. The van der Waals surface area contributed by atoms with Crippen LogP contribution in [0.4, 0.5) is 0 Å². The number of amides is 2. The van der Waals surface area contributed by atoms with Crippen molar-refractivity contribution < 1.29 is 14.3 Å². The Bertz CT molecular complexity index is 945. The van der Waals surface area contributed by atoms with E-state index in [1.807, 2.05) is 47.4 Å². The van der Waals surface area contributed by atoms with Crippen molar-refractivity contribution in [3.63, 3.8) is 0 Å². The highest BCUT2D eigenvalue weighted by atomic mass is 35.5. The van der Waals surface area contributed by atoms with Gasteiger partial charge in [0, 0.05) is 31.7 Å². The van der Waals surface area contributed by atoms with Crippen LogP contribution in [0, 0.1) is 0 Å². The monoisotopic (exact) mass is 471 g/mol. The zero-order chi connectivity index (χ0) is 22.6. The van der Waals surface area contributed by atoms with E-state index >= 15 is 0 Å². The predicted octanol–water partition coefficient (Wildman–Crippen LogP) is 3.07. The summed E-state index contributed by atoms with van der Waals surface area (Å²) in [6.07, 6.45) is 3.12. The maximum atomic E-state index is 13.0. The van der Waals surface area contributed by atoms with Crippen molar-refractivity contribution in [1.29, 1.82) is 0 Å². The summed E-state index contributed by atoms with van der Waals surface area (Å²) in [6.45, 7) is 6.26. The molecule has 33 heavy (non-hydrogen) atoms. The number of hydrogen-bond donors (Lipinski definition) is 1. The fourth-order valence-corrected chi connectivity index (χ4v) is 4.99. The van der Waals surface area contributed by atoms with E-state index in [1.54, 1.807) is 0 Å². The van der Waals surface area contributed by atoms with Crippen LogP contribution in [0.25, 0.3) is 0 Å². The minimum atomic E-state index is -0.301. The largest absolute Gasteiger partial charge is 0.369 e. The Labute approximate surface area is 202 Å². The number of primary amides is 1. The molecule has 7 heteroatoms. The van der Waals surface area contributed by atoms with E-state index in [0.29, 0.717) is 13.1 Å². The van der Waals surface area contributed by atoms with E-state index in [4.69, 9.17) is 10.5 Å². The number of likely N-dealkylation sites (tertiary alicyclic amines) is 1. The summed E-state index contributed by atoms with van der Waals surface area (Å²) >= 11 is 0. The fraction of sp³-hybridized carbons (Fsp3) is 0.462. The number of piperidine rings is 1. The highest BCUT2D eigenvalue weighted by molar-refractivity contribution is 5.94. The molecule has 178 valence electrons. The molecule has 2 fully saturated rings. The maximum absolute atomic E-state index is 13.0. The van der Waals surface area contributed by atoms with Gasteiger partial charge < -0.3 is 20.3 Å². The van der Waals surface area contributed by atoms with Gasteiger partial charge in [0.1, 0.15) is 0 Å². The van der Waals surface area contributed by atoms with Gasteiger partial charge in [-0.15, -0.1) is 12.4 Å². The van der Waals surface area contributed by atoms with Crippen LogP contribution in [0.3, 0.4) is 0 Å². The van der Waals surface area contributed by atoms with Gasteiger partial charge in [0.15, 0.2) is 0 Å². The van der Waals surface area contributed by atoms with Crippen molar-refractivity contribution in [2.75, 3.05) is 32.7 Å². The van der Waals surface area contributed by atoms with Crippen molar-refractivity contribution in [2.45, 2.75) is 44.3 Å². The van der Waals surface area contributed by atoms with Gasteiger partial charge in [0.05, 0.1) is 24.7 Å². The maximum Gasteiger partial charge on any atom is 0.254 e. The van der Waals surface area contributed by atoms with Gasteiger partial charge in [-0.25, -0.2) is 0 Å². The first kappa shape index (κ1) is 25.2. The van der Waals surface area contributed by atoms with Crippen LogP contribution in [0.15, 0.2) is 54.6 Å². The first-order valence-corrected chi connectivity index (χ1v) is 11.5. The van der Waals surface area contributed by atoms with Gasteiger partial charge in [0.25, 0.3) is 5.91 Å². The van der Waals surface area contributed by atoms with Gasteiger partial charge >= 0.3 is 0 Å². The molecule has 2 aromatic carbocycles. The van der Waals surface area contributed by atoms with Crippen molar-refractivity contribution >= 4 is 24.2 Å². The van der Waals surface area contributed by atoms with Crippen molar-refractivity contribution in [2.24, 2.45) is 5.73 Å². The van der Waals surface area contributed by atoms with Gasteiger partial charge in [-0.05, 0) is 49.4 Å². The Kier molecular flexibility index (Phi) is 8.51. The fourth-order valence-electron chi connectivity index (χ4n) is 4.99. The molecular formula is C26H34ClN3O3. The second kappa shape index (κ2) is 11.1. The second-order valence-electron chi connectivity index (χ2n) is 9.22. The van der Waals surface area contributed by atoms with Crippen molar-refractivity contribution in [3.05, 3.63) is 71.3 Å². The summed E-state index contributed by atoms with van der Waals surface area (Å²) in [4.78, 5) is 28.6. The number of carbonyl (C=O) groups is 2. The highest BCUT2D eigenvalue weighted by Crippen LogP contribution is 2.33. The molecule has 2 N–H and O–H groups in total. The molecule has 2 amide bonds. The number of halogens is 1. The molecule has 2 heterocycles. The lowest BCUT2D eigenvalue weighted by Crippen LogP contribution is -2.60. The van der Waals surface area contributed by atoms with Crippen LogP contribution >= 0.6 is 12.4 Å².